The molecule has 3 saturated carbocycles. The van der Waals surface area contributed by atoms with Crippen LogP contribution in [0.25, 0.3) is 0 Å². The maximum absolute atomic E-state index is 11.0. The van der Waals surface area contributed by atoms with Crippen LogP contribution in [0.1, 0.15) is 78.6 Å². The Hall–Kier alpha value is -0.300. The molecule has 0 amide bonds. The van der Waals surface area contributed by atoms with Crippen LogP contribution in [-0.4, -0.2) is 11.2 Å². The van der Waals surface area contributed by atoms with Gasteiger partial charge in [-0.25, -0.2) is 0 Å². The largest absolute Gasteiger partial charge is 0.392 e. The summed E-state index contributed by atoms with van der Waals surface area (Å²) >= 11 is 0. The molecule has 1 nitrogen and oxygen atoms in total. The monoisotopic (exact) mass is 302 g/mol. The Bertz CT molecular complexity index is 480. The van der Waals surface area contributed by atoms with Crippen molar-refractivity contribution in [2.24, 2.45) is 34.5 Å². The predicted octanol–water partition coefficient (Wildman–Crippen LogP) is 5.34. The fourth-order valence-corrected chi connectivity index (χ4v) is 7.49. The molecule has 0 aromatic heterocycles. The summed E-state index contributed by atoms with van der Waals surface area (Å²) in [7, 11) is 0. The Kier molecular flexibility index (Phi) is 3.53. The van der Waals surface area contributed by atoms with Gasteiger partial charge in [0.25, 0.3) is 0 Å². The van der Waals surface area contributed by atoms with Crippen molar-refractivity contribution in [1.82, 2.24) is 0 Å². The summed E-state index contributed by atoms with van der Waals surface area (Å²) in [6, 6.07) is 0. The zero-order chi connectivity index (χ0) is 15.5. The lowest BCUT2D eigenvalue weighted by Gasteiger charge is -2.59. The third-order valence-electron chi connectivity index (χ3n) is 8.74. The van der Waals surface area contributed by atoms with Crippen molar-refractivity contribution in [3.8, 4) is 0 Å². The van der Waals surface area contributed by atoms with Crippen LogP contribution in [0.15, 0.2) is 11.6 Å². The highest BCUT2D eigenvalue weighted by Crippen LogP contribution is 2.67. The number of hydrogen-bond donors (Lipinski definition) is 1. The molecule has 0 saturated heterocycles. The quantitative estimate of drug-likeness (QED) is 0.648. The summed E-state index contributed by atoms with van der Waals surface area (Å²) in [6.45, 7) is 7.48. The van der Waals surface area contributed by atoms with Gasteiger partial charge in [-0.15, -0.1) is 0 Å². The maximum atomic E-state index is 11.0. The Balaban J connectivity index is 1.71. The van der Waals surface area contributed by atoms with E-state index >= 15 is 0 Å². The van der Waals surface area contributed by atoms with Crippen molar-refractivity contribution in [2.75, 3.05) is 0 Å². The third kappa shape index (κ3) is 1.87. The van der Waals surface area contributed by atoms with Gasteiger partial charge in [-0.2, -0.15) is 0 Å². The minimum absolute atomic E-state index is 0.0670. The topological polar surface area (TPSA) is 20.2 Å². The van der Waals surface area contributed by atoms with Crippen molar-refractivity contribution in [2.45, 2.75) is 84.7 Å². The normalized spacial score (nSPS) is 54.2. The second-order valence-corrected chi connectivity index (χ2v) is 9.33. The molecular weight excluding hydrogens is 268 g/mol. The first-order valence-corrected chi connectivity index (χ1v) is 9.88. The van der Waals surface area contributed by atoms with E-state index in [9.17, 15) is 5.11 Å². The van der Waals surface area contributed by atoms with Gasteiger partial charge < -0.3 is 5.11 Å². The molecule has 4 aliphatic carbocycles. The fourth-order valence-electron chi connectivity index (χ4n) is 7.49. The third-order valence-corrected chi connectivity index (χ3v) is 8.74. The molecule has 4 aliphatic rings. The first-order chi connectivity index (χ1) is 10.5. The standard InChI is InChI=1S/C21H34O/c1-4-14-8-9-16-19-17(10-12-21(14,16)3)20(2)11-6-5-7-15(20)13-18(19)22/h7,14,16-19,22H,4-6,8-13H2,1-3H3/t14-,16-,17-,18-,19-,20-,21+/m0/s1. The lowest BCUT2D eigenvalue weighted by atomic mass is 9.46. The molecular formula is C21H34O. The van der Waals surface area contributed by atoms with Crippen LogP contribution >= 0.6 is 0 Å². The highest BCUT2D eigenvalue weighted by atomic mass is 16.3. The first kappa shape index (κ1) is 15.2. The van der Waals surface area contributed by atoms with Gasteiger partial charge in [0.1, 0.15) is 0 Å². The van der Waals surface area contributed by atoms with E-state index in [4.69, 9.17) is 0 Å². The van der Waals surface area contributed by atoms with Crippen LogP contribution < -0.4 is 0 Å². The van der Waals surface area contributed by atoms with Crippen LogP contribution in [0.2, 0.25) is 0 Å². The zero-order valence-corrected chi connectivity index (χ0v) is 14.8. The Morgan fingerprint density at radius 1 is 1.14 bits per heavy atom. The second kappa shape index (κ2) is 5.10. The van der Waals surface area contributed by atoms with E-state index in [0.717, 1.165) is 24.2 Å². The van der Waals surface area contributed by atoms with Crippen molar-refractivity contribution >= 4 is 0 Å². The van der Waals surface area contributed by atoms with Crippen molar-refractivity contribution in [3.05, 3.63) is 11.6 Å². The highest BCUT2D eigenvalue weighted by Gasteiger charge is 2.60. The summed E-state index contributed by atoms with van der Waals surface area (Å²) in [5.74, 6) is 3.01. The molecule has 0 aromatic carbocycles. The first-order valence-electron chi connectivity index (χ1n) is 9.88. The number of allylic oxidation sites excluding steroid dienone is 1. The van der Waals surface area contributed by atoms with E-state index < -0.39 is 0 Å². The summed E-state index contributed by atoms with van der Waals surface area (Å²) < 4.78 is 0. The Morgan fingerprint density at radius 2 is 1.95 bits per heavy atom. The smallest absolute Gasteiger partial charge is 0.0611 e. The minimum Gasteiger partial charge on any atom is -0.392 e. The van der Waals surface area contributed by atoms with E-state index in [1.807, 2.05) is 0 Å². The average Bonchev–Trinajstić information content (AvgIpc) is 2.84. The van der Waals surface area contributed by atoms with Gasteiger partial charge in [0.15, 0.2) is 0 Å². The fraction of sp³-hybridized carbons (Fsp3) is 0.905. The second-order valence-electron chi connectivity index (χ2n) is 9.33. The molecule has 0 aliphatic heterocycles. The van der Waals surface area contributed by atoms with Crippen LogP contribution in [-0.2, 0) is 0 Å². The van der Waals surface area contributed by atoms with Gasteiger partial charge in [-0.05, 0) is 85.9 Å². The summed E-state index contributed by atoms with van der Waals surface area (Å²) in [4.78, 5) is 0. The molecule has 124 valence electrons. The van der Waals surface area contributed by atoms with Gasteiger partial charge in [0.2, 0.25) is 0 Å². The van der Waals surface area contributed by atoms with Gasteiger partial charge in [-0.1, -0.05) is 38.8 Å². The van der Waals surface area contributed by atoms with Gasteiger partial charge in [0.05, 0.1) is 6.10 Å². The molecule has 0 radical (unpaired) electrons. The molecule has 0 heterocycles. The number of rotatable bonds is 1. The van der Waals surface area contributed by atoms with Gasteiger partial charge >= 0.3 is 0 Å². The van der Waals surface area contributed by atoms with Crippen molar-refractivity contribution in [3.63, 3.8) is 0 Å². The van der Waals surface area contributed by atoms with E-state index in [1.54, 1.807) is 5.57 Å². The molecule has 1 N–H and O–H groups in total. The molecule has 0 bridgehead atoms. The average molecular weight is 303 g/mol. The zero-order valence-electron chi connectivity index (χ0n) is 14.8. The lowest BCUT2D eigenvalue weighted by Crippen LogP contribution is -2.55. The molecule has 22 heavy (non-hydrogen) atoms. The molecule has 0 aromatic rings. The summed E-state index contributed by atoms with van der Waals surface area (Å²) in [6.07, 6.45) is 14.3. The van der Waals surface area contributed by atoms with Crippen LogP contribution in [0.4, 0.5) is 0 Å². The molecule has 4 rings (SSSR count). The predicted molar refractivity (Wildman–Crippen MR) is 91.5 cm³/mol. The number of aliphatic hydroxyl groups excluding tert-OH is 1. The molecule has 7 atom stereocenters. The van der Waals surface area contributed by atoms with E-state index in [2.05, 4.69) is 26.8 Å². The molecule has 0 spiro atoms. The van der Waals surface area contributed by atoms with Crippen LogP contribution in [0, 0.1) is 34.5 Å². The summed E-state index contributed by atoms with van der Waals surface area (Å²) in [5.41, 5.74) is 2.54. The van der Waals surface area contributed by atoms with Gasteiger partial charge in [-0.3, -0.25) is 0 Å². The lowest BCUT2D eigenvalue weighted by molar-refractivity contribution is -0.108. The minimum atomic E-state index is -0.0670. The van der Waals surface area contributed by atoms with Crippen LogP contribution in [0.3, 0.4) is 0 Å². The Morgan fingerprint density at radius 3 is 2.73 bits per heavy atom. The highest BCUT2D eigenvalue weighted by molar-refractivity contribution is 5.25. The number of hydrogen-bond acceptors (Lipinski definition) is 1. The molecule has 3 fully saturated rings. The SMILES string of the molecule is CC[C@H]1CC[C@H]2[C@@H]3[C@@H](O)CC4=CCCC[C@]4(C)[C@H]3CC[C@]12C. The van der Waals surface area contributed by atoms with Gasteiger partial charge in [0, 0.05) is 0 Å². The number of aliphatic hydroxyl groups is 1. The van der Waals surface area contributed by atoms with Crippen molar-refractivity contribution in [1.29, 1.82) is 0 Å². The Labute approximate surface area is 136 Å². The van der Waals surface area contributed by atoms with Crippen molar-refractivity contribution < 1.29 is 5.11 Å². The maximum Gasteiger partial charge on any atom is 0.0611 e. The molecule has 0 unspecified atom stereocenters. The van der Waals surface area contributed by atoms with E-state index in [-0.39, 0.29) is 6.10 Å². The van der Waals surface area contributed by atoms with E-state index in [0.29, 0.717) is 16.7 Å². The summed E-state index contributed by atoms with van der Waals surface area (Å²) in [5, 5.41) is 11.0. The molecule has 1 heteroatoms. The number of fused-ring (bicyclic) bond motifs is 5. The van der Waals surface area contributed by atoms with E-state index in [1.165, 1.54) is 51.4 Å². The van der Waals surface area contributed by atoms with Crippen LogP contribution in [0.5, 0.6) is 0 Å².